The summed E-state index contributed by atoms with van der Waals surface area (Å²) < 4.78 is 16.9. The monoisotopic (exact) mass is 269 g/mol. The highest BCUT2D eigenvalue weighted by molar-refractivity contribution is 9.10. The van der Waals surface area contributed by atoms with Crippen LogP contribution in [0, 0.1) is 0 Å². The Morgan fingerprint density at radius 3 is 2.60 bits per heavy atom. The van der Waals surface area contributed by atoms with Crippen molar-refractivity contribution in [3.05, 3.63) is 34.4 Å². The van der Waals surface area contributed by atoms with Crippen LogP contribution in [0.1, 0.15) is 19.4 Å². The van der Waals surface area contributed by atoms with E-state index in [2.05, 4.69) is 15.9 Å². The summed E-state index contributed by atoms with van der Waals surface area (Å²) in [5, 5.41) is 0.965. The van der Waals surface area contributed by atoms with Crippen LogP contribution in [0.15, 0.2) is 28.9 Å². The van der Waals surface area contributed by atoms with Crippen LogP contribution in [0.25, 0.3) is 10.9 Å². The molecule has 3 heteroatoms. The average Bonchev–Trinajstić information content (AvgIpc) is 2.45. The molecular formula is C12H13BrFN. The maximum atomic E-state index is 14.0. The van der Waals surface area contributed by atoms with E-state index in [9.17, 15) is 4.39 Å². The van der Waals surface area contributed by atoms with Crippen LogP contribution in [0.2, 0.25) is 0 Å². The first-order valence-electron chi connectivity index (χ1n) is 4.84. The fraction of sp³-hybridized carbons (Fsp3) is 0.333. The van der Waals surface area contributed by atoms with Gasteiger partial charge in [0.2, 0.25) is 0 Å². The second-order valence-corrected chi connectivity index (χ2v) is 5.11. The summed E-state index contributed by atoms with van der Waals surface area (Å²) in [4.78, 5) is 0. The molecule has 0 aliphatic heterocycles. The highest BCUT2D eigenvalue weighted by Crippen LogP contribution is 2.36. The number of aromatic nitrogens is 1. The molecule has 0 amide bonds. The molecule has 0 unspecified atom stereocenters. The highest BCUT2D eigenvalue weighted by atomic mass is 79.9. The molecule has 0 radical (unpaired) electrons. The molecule has 0 aliphatic carbocycles. The van der Waals surface area contributed by atoms with E-state index in [1.807, 2.05) is 36.0 Å². The molecule has 0 saturated heterocycles. The number of halogens is 2. The van der Waals surface area contributed by atoms with E-state index in [1.54, 1.807) is 13.8 Å². The molecule has 1 aromatic carbocycles. The Morgan fingerprint density at radius 2 is 2.00 bits per heavy atom. The van der Waals surface area contributed by atoms with E-state index < -0.39 is 5.67 Å². The molecule has 1 aromatic heterocycles. The zero-order chi connectivity index (χ0) is 11.2. The maximum absolute atomic E-state index is 14.0. The second-order valence-electron chi connectivity index (χ2n) is 4.26. The number of alkyl halides is 1. The third-order valence-corrected chi connectivity index (χ3v) is 3.26. The Balaban J connectivity index is 2.88. The minimum Gasteiger partial charge on any atom is -0.350 e. The van der Waals surface area contributed by atoms with E-state index in [0.29, 0.717) is 0 Å². The number of fused-ring (bicyclic) bond motifs is 1. The summed E-state index contributed by atoms with van der Waals surface area (Å²) >= 11 is 3.47. The van der Waals surface area contributed by atoms with Crippen molar-refractivity contribution < 1.29 is 4.39 Å². The molecule has 1 nitrogen and oxygen atoms in total. The van der Waals surface area contributed by atoms with Crippen LogP contribution in [-0.2, 0) is 12.7 Å². The largest absolute Gasteiger partial charge is 0.350 e. The molecule has 0 bridgehead atoms. The third-order valence-electron chi connectivity index (χ3n) is 2.60. The third kappa shape index (κ3) is 1.69. The normalized spacial score (nSPS) is 12.3. The van der Waals surface area contributed by atoms with Crippen LogP contribution in [-0.4, -0.2) is 4.57 Å². The average molecular weight is 270 g/mol. The number of hydrogen-bond acceptors (Lipinski definition) is 0. The first-order valence-corrected chi connectivity index (χ1v) is 5.63. The van der Waals surface area contributed by atoms with Gasteiger partial charge in [-0.2, -0.15) is 0 Å². The lowest BCUT2D eigenvalue weighted by atomic mass is 10.00. The van der Waals surface area contributed by atoms with Gasteiger partial charge in [0, 0.05) is 34.2 Å². The quantitative estimate of drug-likeness (QED) is 0.733. The molecule has 0 atom stereocenters. The molecule has 15 heavy (non-hydrogen) atoms. The summed E-state index contributed by atoms with van der Waals surface area (Å²) in [7, 11) is 1.93. The lowest BCUT2D eigenvalue weighted by Gasteiger charge is -2.13. The highest BCUT2D eigenvalue weighted by Gasteiger charge is 2.24. The minimum absolute atomic E-state index is 0.729. The van der Waals surface area contributed by atoms with E-state index in [-0.39, 0.29) is 0 Å². The molecule has 2 aromatic rings. The molecule has 2 rings (SSSR count). The van der Waals surface area contributed by atoms with Crippen molar-refractivity contribution in [1.29, 1.82) is 0 Å². The lowest BCUT2D eigenvalue weighted by Crippen LogP contribution is -2.08. The first-order chi connectivity index (χ1) is 6.91. The Kier molecular flexibility index (Phi) is 2.38. The van der Waals surface area contributed by atoms with Crippen molar-refractivity contribution in [3.8, 4) is 0 Å². The molecular weight excluding hydrogens is 257 g/mol. The number of nitrogens with zero attached hydrogens (tertiary/aromatic N) is 1. The molecule has 0 fully saturated rings. The molecule has 0 aliphatic rings. The number of aryl methyl sites for hydroxylation is 1. The zero-order valence-corrected chi connectivity index (χ0v) is 10.6. The Hall–Kier alpha value is -0.830. The summed E-state index contributed by atoms with van der Waals surface area (Å²) in [6.45, 7) is 3.17. The van der Waals surface area contributed by atoms with E-state index in [0.717, 1.165) is 20.9 Å². The van der Waals surface area contributed by atoms with Crippen LogP contribution in [0.5, 0.6) is 0 Å². The van der Waals surface area contributed by atoms with Crippen molar-refractivity contribution in [2.75, 3.05) is 0 Å². The zero-order valence-electron chi connectivity index (χ0n) is 9.01. The van der Waals surface area contributed by atoms with Gasteiger partial charge in [-0.1, -0.05) is 22.0 Å². The predicted molar refractivity (Wildman–Crippen MR) is 64.8 cm³/mol. The number of rotatable bonds is 1. The van der Waals surface area contributed by atoms with Gasteiger partial charge in [-0.05, 0) is 26.0 Å². The molecule has 0 spiro atoms. The van der Waals surface area contributed by atoms with Gasteiger partial charge < -0.3 is 4.57 Å². The summed E-state index contributed by atoms with van der Waals surface area (Å²) in [6.07, 6.45) is 1.86. The van der Waals surface area contributed by atoms with Crippen molar-refractivity contribution in [2.24, 2.45) is 7.05 Å². The van der Waals surface area contributed by atoms with Crippen LogP contribution >= 0.6 is 15.9 Å². The molecule has 1 heterocycles. The standard InChI is InChI=1S/C12H13BrFN/c1-12(2,14)8-7-15(3)10-6-4-5-9(13)11(8)10/h4-7H,1-3H3. The maximum Gasteiger partial charge on any atom is 0.132 e. The Bertz CT molecular complexity index is 508. The van der Waals surface area contributed by atoms with Crippen molar-refractivity contribution in [2.45, 2.75) is 19.5 Å². The van der Waals surface area contributed by atoms with Gasteiger partial charge in [0.05, 0.1) is 0 Å². The topological polar surface area (TPSA) is 4.93 Å². The van der Waals surface area contributed by atoms with Crippen LogP contribution in [0.4, 0.5) is 4.39 Å². The summed E-state index contributed by atoms with van der Waals surface area (Å²) in [6, 6.07) is 5.90. The number of benzene rings is 1. The first kappa shape index (κ1) is 10.7. The fourth-order valence-electron chi connectivity index (χ4n) is 1.85. The van der Waals surface area contributed by atoms with Gasteiger partial charge in [-0.25, -0.2) is 4.39 Å². The Labute approximate surface area is 97.0 Å². The van der Waals surface area contributed by atoms with Crippen LogP contribution < -0.4 is 0 Å². The van der Waals surface area contributed by atoms with E-state index >= 15 is 0 Å². The predicted octanol–water partition coefficient (Wildman–Crippen LogP) is 4.15. The van der Waals surface area contributed by atoms with Gasteiger partial charge >= 0.3 is 0 Å². The van der Waals surface area contributed by atoms with Gasteiger partial charge in [-0.3, -0.25) is 0 Å². The lowest BCUT2D eigenvalue weighted by molar-refractivity contribution is 0.223. The van der Waals surface area contributed by atoms with Crippen LogP contribution in [0.3, 0.4) is 0 Å². The molecule has 80 valence electrons. The molecule has 0 saturated carbocycles. The smallest absolute Gasteiger partial charge is 0.132 e. The van der Waals surface area contributed by atoms with Crippen molar-refractivity contribution in [3.63, 3.8) is 0 Å². The van der Waals surface area contributed by atoms with E-state index in [4.69, 9.17) is 0 Å². The number of hydrogen-bond donors (Lipinski definition) is 0. The minimum atomic E-state index is -1.32. The summed E-state index contributed by atoms with van der Waals surface area (Å²) in [5.74, 6) is 0. The molecule has 0 N–H and O–H groups in total. The van der Waals surface area contributed by atoms with Crippen molar-refractivity contribution in [1.82, 2.24) is 4.57 Å². The van der Waals surface area contributed by atoms with Gasteiger partial charge in [0.15, 0.2) is 0 Å². The second kappa shape index (κ2) is 3.34. The van der Waals surface area contributed by atoms with Crippen molar-refractivity contribution >= 4 is 26.8 Å². The van der Waals surface area contributed by atoms with E-state index in [1.165, 1.54) is 0 Å². The SMILES string of the molecule is Cn1cc(C(C)(C)F)c2c(Br)cccc21. The van der Waals surface area contributed by atoms with Gasteiger partial charge in [-0.15, -0.1) is 0 Å². The summed E-state index contributed by atoms with van der Waals surface area (Å²) in [5.41, 5.74) is 0.459. The van der Waals surface area contributed by atoms with Gasteiger partial charge in [0.1, 0.15) is 5.67 Å². The Morgan fingerprint density at radius 1 is 1.33 bits per heavy atom. The fourth-order valence-corrected chi connectivity index (χ4v) is 2.42. The van der Waals surface area contributed by atoms with Gasteiger partial charge in [0.25, 0.3) is 0 Å².